The molecule has 106 valence electrons. The number of nitrogens with zero attached hydrogens (tertiary/aromatic N) is 1. The maximum absolute atomic E-state index is 5.96. The van der Waals surface area contributed by atoms with Crippen LogP contribution in [0.3, 0.4) is 0 Å². The van der Waals surface area contributed by atoms with E-state index >= 15 is 0 Å². The molecule has 6 unspecified atom stereocenters. The van der Waals surface area contributed by atoms with E-state index in [-0.39, 0.29) is 6.10 Å². The highest BCUT2D eigenvalue weighted by molar-refractivity contribution is 5.25. The third-order valence-electron chi connectivity index (χ3n) is 5.16. The molecule has 1 saturated heterocycles. The second-order valence-electron chi connectivity index (χ2n) is 6.86. The largest absolute Gasteiger partial charge is 0.374 e. The van der Waals surface area contributed by atoms with E-state index in [2.05, 4.69) is 39.6 Å². The minimum atomic E-state index is 0.269. The summed E-state index contributed by atoms with van der Waals surface area (Å²) in [5.41, 5.74) is 2.69. The Kier molecular flexibility index (Phi) is 3.20. The van der Waals surface area contributed by atoms with Gasteiger partial charge in [0.25, 0.3) is 0 Å². The number of hydrogen-bond acceptors (Lipinski definition) is 2. The third-order valence-corrected chi connectivity index (χ3v) is 5.16. The van der Waals surface area contributed by atoms with E-state index in [9.17, 15) is 0 Å². The predicted molar refractivity (Wildman–Crippen MR) is 76.4 cm³/mol. The van der Waals surface area contributed by atoms with Crippen molar-refractivity contribution in [1.82, 2.24) is 9.97 Å². The van der Waals surface area contributed by atoms with Crippen LogP contribution in [0.25, 0.3) is 0 Å². The second kappa shape index (κ2) is 4.62. The number of ether oxygens (including phenoxy) is 1. The van der Waals surface area contributed by atoms with Gasteiger partial charge >= 0.3 is 0 Å². The van der Waals surface area contributed by atoms with Crippen LogP contribution < -0.4 is 0 Å². The minimum Gasteiger partial charge on any atom is -0.374 e. The molecule has 0 spiro atoms. The van der Waals surface area contributed by atoms with Crippen LogP contribution in [-0.2, 0) is 11.2 Å². The Labute approximate surface area is 116 Å². The van der Waals surface area contributed by atoms with Crippen molar-refractivity contribution in [2.24, 2.45) is 11.8 Å². The van der Waals surface area contributed by atoms with Gasteiger partial charge in [-0.1, -0.05) is 20.8 Å². The maximum atomic E-state index is 5.96. The first-order chi connectivity index (χ1) is 8.97. The van der Waals surface area contributed by atoms with Gasteiger partial charge in [-0.05, 0) is 38.5 Å². The third kappa shape index (κ3) is 2.12. The number of imidazole rings is 1. The van der Waals surface area contributed by atoms with Gasteiger partial charge in [0.15, 0.2) is 0 Å². The van der Waals surface area contributed by atoms with Crippen molar-refractivity contribution in [3.8, 4) is 0 Å². The molecule has 1 aromatic rings. The lowest BCUT2D eigenvalue weighted by Crippen LogP contribution is -2.16. The van der Waals surface area contributed by atoms with Crippen molar-refractivity contribution >= 4 is 0 Å². The number of aromatic nitrogens is 2. The van der Waals surface area contributed by atoms with E-state index in [0.717, 1.165) is 18.2 Å². The lowest BCUT2D eigenvalue weighted by molar-refractivity contribution is 0.0553. The second-order valence-corrected chi connectivity index (χ2v) is 6.86. The Morgan fingerprint density at radius 1 is 1.11 bits per heavy atom. The van der Waals surface area contributed by atoms with E-state index in [1.165, 1.54) is 17.8 Å². The molecule has 0 saturated carbocycles. The average Bonchev–Trinajstić information content (AvgIpc) is 2.81. The van der Waals surface area contributed by atoms with Gasteiger partial charge in [-0.25, -0.2) is 4.98 Å². The van der Waals surface area contributed by atoms with E-state index in [0.29, 0.717) is 23.9 Å². The van der Waals surface area contributed by atoms with Gasteiger partial charge in [-0.3, -0.25) is 0 Å². The van der Waals surface area contributed by atoms with Gasteiger partial charge < -0.3 is 9.72 Å². The smallest absolute Gasteiger partial charge is 0.112 e. The molecule has 1 aliphatic carbocycles. The minimum absolute atomic E-state index is 0.269. The fourth-order valence-electron chi connectivity index (χ4n) is 4.05. The molecular formula is C16H26N2O. The molecule has 0 bridgehead atoms. The maximum Gasteiger partial charge on any atom is 0.112 e. The standard InChI is InChI=1S/C16H26N2O/c1-8-6-9(2)15-13(7-8)17-16(18-15)14-10(3)11(4)19-12(14)5/h8-12,14H,6-7H2,1-5H3,(H,17,18). The van der Waals surface area contributed by atoms with Crippen molar-refractivity contribution in [3.63, 3.8) is 0 Å². The lowest BCUT2D eigenvalue weighted by Gasteiger charge is -2.22. The van der Waals surface area contributed by atoms with E-state index in [1.807, 2.05) is 0 Å². The van der Waals surface area contributed by atoms with Crippen LogP contribution in [0.1, 0.15) is 70.1 Å². The molecule has 1 aromatic heterocycles. The van der Waals surface area contributed by atoms with E-state index in [4.69, 9.17) is 9.72 Å². The number of rotatable bonds is 1. The summed E-state index contributed by atoms with van der Waals surface area (Å²) in [6, 6.07) is 0. The van der Waals surface area contributed by atoms with E-state index in [1.54, 1.807) is 0 Å². The molecule has 6 atom stereocenters. The lowest BCUT2D eigenvalue weighted by atomic mass is 9.84. The number of aromatic amines is 1. The highest BCUT2D eigenvalue weighted by Gasteiger charge is 2.40. The predicted octanol–water partition coefficient (Wildman–Crippen LogP) is 3.62. The first-order valence-corrected chi connectivity index (χ1v) is 7.71. The van der Waals surface area contributed by atoms with Gasteiger partial charge in [0.05, 0.1) is 17.9 Å². The van der Waals surface area contributed by atoms with Crippen LogP contribution >= 0.6 is 0 Å². The molecule has 3 nitrogen and oxygen atoms in total. The summed E-state index contributed by atoms with van der Waals surface area (Å²) in [4.78, 5) is 8.57. The average molecular weight is 262 g/mol. The van der Waals surface area contributed by atoms with E-state index < -0.39 is 0 Å². The van der Waals surface area contributed by atoms with Crippen LogP contribution in [0.15, 0.2) is 0 Å². The van der Waals surface area contributed by atoms with Crippen molar-refractivity contribution < 1.29 is 4.74 Å². The quantitative estimate of drug-likeness (QED) is 0.839. The molecule has 2 aliphatic rings. The van der Waals surface area contributed by atoms with Crippen molar-refractivity contribution in [1.29, 1.82) is 0 Å². The highest BCUT2D eigenvalue weighted by atomic mass is 16.5. The zero-order chi connectivity index (χ0) is 13.7. The number of H-pyrrole nitrogens is 1. The Morgan fingerprint density at radius 3 is 2.47 bits per heavy atom. The van der Waals surface area contributed by atoms with Crippen LogP contribution in [0, 0.1) is 11.8 Å². The molecule has 0 amide bonds. The first-order valence-electron chi connectivity index (χ1n) is 7.71. The summed E-state index contributed by atoms with van der Waals surface area (Å²) in [6.07, 6.45) is 3.02. The van der Waals surface area contributed by atoms with Gasteiger partial charge in [0.2, 0.25) is 0 Å². The molecule has 3 rings (SSSR count). The summed E-state index contributed by atoms with van der Waals surface area (Å²) >= 11 is 0. The van der Waals surface area contributed by atoms with Crippen molar-refractivity contribution in [2.75, 3.05) is 0 Å². The van der Waals surface area contributed by atoms with Crippen molar-refractivity contribution in [3.05, 3.63) is 17.2 Å². The fraction of sp³-hybridized carbons (Fsp3) is 0.812. The molecule has 1 fully saturated rings. The van der Waals surface area contributed by atoms with Gasteiger partial charge in [-0.15, -0.1) is 0 Å². The van der Waals surface area contributed by atoms with Crippen LogP contribution in [0.5, 0.6) is 0 Å². The summed E-state index contributed by atoms with van der Waals surface area (Å²) in [5, 5.41) is 0. The monoisotopic (exact) mass is 262 g/mol. The highest BCUT2D eigenvalue weighted by Crippen LogP contribution is 2.41. The fourth-order valence-corrected chi connectivity index (χ4v) is 4.05. The van der Waals surface area contributed by atoms with Gasteiger partial charge in [0, 0.05) is 17.5 Å². The Balaban J connectivity index is 1.93. The zero-order valence-corrected chi connectivity index (χ0v) is 12.7. The molecular weight excluding hydrogens is 236 g/mol. The summed E-state index contributed by atoms with van der Waals surface area (Å²) in [6.45, 7) is 11.3. The normalized spacial score (nSPS) is 42.4. The van der Waals surface area contributed by atoms with Crippen LogP contribution in [0.2, 0.25) is 0 Å². The Bertz CT molecular complexity index is 467. The summed E-state index contributed by atoms with van der Waals surface area (Å²) in [5.74, 6) is 3.48. The molecule has 1 aliphatic heterocycles. The van der Waals surface area contributed by atoms with Crippen LogP contribution in [-0.4, -0.2) is 22.2 Å². The molecule has 3 heteroatoms. The summed E-state index contributed by atoms with van der Waals surface area (Å²) in [7, 11) is 0. The number of hydrogen-bond donors (Lipinski definition) is 1. The Hall–Kier alpha value is -0.830. The molecule has 0 aromatic carbocycles. The topological polar surface area (TPSA) is 37.9 Å². The number of nitrogens with one attached hydrogen (secondary N) is 1. The van der Waals surface area contributed by atoms with Crippen LogP contribution in [0.4, 0.5) is 0 Å². The SMILES string of the molecule is CC1Cc2[nH]c(C3C(C)OC(C)C3C)nc2C(C)C1. The summed E-state index contributed by atoms with van der Waals surface area (Å²) < 4.78 is 5.96. The molecule has 2 heterocycles. The first kappa shape index (κ1) is 13.2. The van der Waals surface area contributed by atoms with Crippen molar-refractivity contribution in [2.45, 2.75) is 71.5 Å². The van der Waals surface area contributed by atoms with Gasteiger partial charge in [-0.2, -0.15) is 0 Å². The Morgan fingerprint density at radius 2 is 1.84 bits per heavy atom. The molecule has 0 radical (unpaired) electrons. The molecule has 1 N–H and O–H groups in total. The van der Waals surface area contributed by atoms with Gasteiger partial charge in [0.1, 0.15) is 5.82 Å². The number of fused-ring (bicyclic) bond motifs is 1. The zero-order valence-electron chi connectivity index (χ0n) is 12.7. The molecule has 19 heavy (non-hydrogen) atoms.